The first-order valence-corrected chi connectivity index (χ1v) is 5.62. The molecule has 0 spiro atoms. The molecule has 2 rings (SSSR count). The second kappa shape index (κ2) is 5.69. The third-order valence-corrected chi connectivity index (χ3v) is 2.61. The fourth-order valence-electron chi connectivity index (χ4n) is 1.49. The number of hydrogen-bond acceptors (Lipinski definition) is 1. The van der Waals surface area contributed by atoms with Gasteiger partial charge in [0, 0.05) is 18.1 Å². The molecule has 0 unspecified atom stereocenters. The smallest absolute Gasteiger partial charge is 0.0406 e. The minimum atomic E-state index is 0.780. The largest absolute Gasteiger partial charge is 0.309 e. The van der Waals surface area contributed by atoms with Gasteiger partial charge in [-0.25, -0.2) is 0 Å². The van der Waals surface area contributed by atoms with Crippen molar-refractivity contribution in [3.05, 3.63) is 70.7 Å². The van der Waals surface area contributed by atoms with E-state index < -0.39 is 0 Å². The van der Waals surface area contributed by atoms with Crippen LogP contribution in [0.15, 0.2) is 48.5 Å². The Balaban J connectivity index is 1.82. The van der Waals surface area contributed by atoms with E-state index in [1.54, 1.807) is 0 Å². The Morgan fingerprint density at radius 1 is 0.875 bits per heavy atom. The predicted octanol–water partition coefficient (Wildman–Crippen LogP) is 3.43. The van der Waals surface area contributed by atoms with Crippen molar-refractivity contribution in [1.82, 2.24) is 5.32 Å². The molecule has 16 heavy (non-hydrogen) atoms. The second-order valence-corrected chi connectivity index (χ2v) is 4.07. The van der Waals surface area contributed by atoms with Crippen LogP contribution in [-0.2, 0) is 13.1 Å². The molecule has 0 bridgehead atoms. The fourth-order valence-corrected chi connectivity index (χ4v) is 1.62. The van der Waals surface area contributed by atoms with Gasteiger partial charge in [0.25, 0.3) is 0 Å². The molecule has 2 heteroatoms. The third kappa shape index (κ3) is 3.37. The van der Waals surface area contributed by atoms with Crippen LogP contribution in [0.3, 0.4) is 0 Å². The molecule has 2 aromatic rings. The molecule has 0 saturated carbocycles. The van der Waals surface area contributed by atoms with Gasteiger partial charge in [0.15, 0.2) is 0 Å². The second-order valence-electron chi connectivity index (χ2n) is 3.64. The molecule has 0 aliphatic heterocycles. The van der Waals surface area contributed by atoms with Gasteiger partial charge < -0.3 is 5.32 Å². The highest BCUT2D eigenvalue weighted by atomic mass is 35.5. The molecule has 0 amide bonds. The molecule has 0 saturated heterocycles. The summed E-state index contributed by atoms with van der Waals surface area (Å²) in [6, 6.07) is 18.9. The monoisotopic (exact) mass is 230 g/mol. The predicted molar refractivity (Wildman–Crippen MR) is 67.3 cm³/mol. The molecule has 0 aromatic heterocycles. The molecule has 2 aromatic carbocycles. The summed E-state index contributed by atoms with van der Waals surface area (Å²) in [5.74, 6) is 0. The average molecular weight is 231 g/mol. The lowest BCUT2D eigenvalue weighted by molar-refractivity contribution is 0.693. The topological polar surface area (TPSA) is 12.0 Å². The van der Waals surface area contributed by atoms with Crippen LogP contribution in [0.4, 0.5) is 0 Å². The van der Waals surface area contributed by atoms with Gasteiger partial charge in [-0.05, 0) is 29.3 Å². The van der Waals surface area contributed by atoms with Gasteiger partial charge in [0.1, 0.15) is 0 Å². The van der Waals surface area contributed by atoms with Gasteiger partial charge in [0.05, 0.1) is 0 Å². The SMILES string of the molecule is Clc1ccc(CNCc2cc[c]cc2)cc1. The van der Waals surface area contributed by atoms with Crippen molar-refractivity contribution in [2.45, 2.75) is 13.1 Å². The maximum Gasteiger partial charge on any atom is 0.0406 e. The Hall–Kier alpha value is -1.31. The molecular weight excluding hydrogens is 218 g/mol. The van der Waals surface area contributed by atoms with Crippen LogP contribution in [0.25, 0.3) is 0 Å². The van der Waals surface area contributed by atoms with E-state index in [9.17, 15) is 0 Å². The zero-order valence-electron chi connectivity index (χ0n) is 8.91. The average Bonchev–Trinajstić information content (AvgIpc) is 2.33. The van der Waals surface area contributed by atoms with Crippen LogP contribution in [0.1, 0.15) is 11.1 Å². The first-order chi connectivity index (χ1) is 7.84. The summed E-state index contributed by atoms with van der Waals surface area (Å²) in [6.07, 6.45) is 0. The molecule has 0 aliphatic carbocycles. The molecule has 0 fully saturated rings. The Labute approximate surface area is 101 Å². The van der Waals surface area contributed by atoms with E-state index in [1.807, 2.05) is 36.4 Å². The maximum atomic E-state index is 5.82. The zero-order valence-corrected chi connectivity index (χ0v) is 9.67. The Kier molecular flexibility index (Phi) is 3.97. The van der Waals surface area contributed by atoms with Crippen molar-refractivity contribution >= 4 is 11.6 Å². The van der Waals surface area contributed by atoms with Gasteiger partial charge in [-0.15, -0.1) is 0 Å². The van der Waals surface area contributed by atoms with Crippen molar-refractivity contribution in [3.8, 4) is 0 Å². The van der Waals surface area contributed by atoms with E-state index in [2.05, 4.69) is 23.5 Å². The molecule has 0 atom stereocenters. The first-order valence-electron chi connectivity index (χ1n) is 5.25. The van der Waals surface area contributed by atoms with E-state index >= 15 is 0 Å². The minimum Gasteiger partial charge on any atom is -0.309 e. The molecule has 0 heterocycles. The number of nitrogens with one attached hydrogen (secondary N) is 1. The van der Waals surface area contributed by atoms with Crippen molar-refractivity contribution < 1.29 is 0 Å². The van der Waals surface area contributed by atoms with E-state index in [-0.39, 0.29) is 0 Å². The molecular formula is C14H13ClN. The minimum absolute atomic E-state index is 0.780. The lowest BCUT2D eigenvalue weighted by Gasteiger charge is -2.04. The molecule has 1 nitrogen and oxygen atoms in total. The summed E-state index contributed by atoms with van der Waals surface area (Å²) < 4.78 is 0. The van der Waals surface area contributed by atoms with Crippen LogP contribution < -0.4 is 5.32 Å². The summed E-state index contributed by atoms with van der Waals surface area (Å²) in [5, 5.41) is 4.16. The zero-order chi connectivity index (χ0) is 11.2. The summed E-state index contributed by atoms with van der Waals surface area (Å²) in [6.45, 7) is 1.73. The maximum absolute atomic E-state index is 5.82. The van der Waals surface area contributed by atoms with Gasteiger partial charge >= 0.3 is 0 Å². The van der Waals surface area contributed by atoms with E-state index in [4.69, 9.17) is 11.6 Å². The lowest BCUT2D eigenvalue weighted by atomic mass is 10.2. The van der Waals surface area contributed by atoms with E-state index in [0.29, 0.717) is 0 Å². The van der Waals surface area contributed by atoms with Gasteiger partial charge in [-0.2, -0.15) is 0 Å². The van der Waals surface area contributed by atoms with E-state index in [1.165, 1.54) is 11.1 Å². The number of halogens is 1. The molecule has 0 aliphatic rings. The molecule has 1 radical (unpaired) electrons. The highest BCUT2D eigenvalue weighted by Gasteiger charge is 1.93. The third-order valence-electron chi connectivity index (χ3n) is 2.36. The highest BCUT2D eigenvalue weighted by molar-refractivity contribution is 6.30. The lowest BCUT2D eigenvalue weighted by Crippen LogP contribution is -2.12. The van der Waals surface area contributed by atoms with Crippen LogP contribution in [-0.4, -0.2) is 0 Å². The Morgan fingerprint density at radius 2 is 1.44 bits per heavy atom. The fraction of sp³-hybridized carbons (Fsp3) is 0.143. The Morgan fingerprint density at radius 3 is 2.06 bits per heavy atom. The first kappa shape index (κ1) is 11.2. The summed E-state index contributed by atoms with van der Waals surface area (Å²) >= 11 is 5.82. The normalized spacial score (nSPS) is 10.3. The summed E-state index contributed by atoms with van der Waals surface area (Å²) in [5.41, 5.74) is 2.51. The summed E-state index contributed by atoms with van der Waals surface area (Å²) in [7, 11) is 0. The van der Waals surface area contributed by atoms with Crippen LogP contribution in [0, 0.1) is 6.07 Å². The summed E-state index contributed by atoms with van der Waals surface area (Å²) in [4.78, 5) is 0. The van der Waals surface area contributed by atoms with Crippen LogP contribution in [0.5, 0.6) is 0 Å². The molecule has 81 valence electrons. The van der Waals surface area contributed by atoms with Gasteiger partial charge in [-0.3, -0.25) is 0 Å². The van der Waals surface area contributed by atoms with E-state index in [0.717, 1.165) is 18.1 Å². The van der Waals surface area contributed by atoms with Crippen LogP contribution in [0.2, 0.25) is 5.02 Å². The highest BCUT2D eigenvalue weighted by Crippen LogP contribution is 2.09. The van der Waals surface area contributed by atoms with Crippen molar-refractivity contribution in [1.29, 1.82) is 0 Å². The number of rotatable bonds is 4. The van der Waals surface area contributed by atoms with Gasteiger partial charge in [-0.1, -0.05) is 48.0 Å². The van der Waals surface area contributed by atoms with Crippen molar-refractivity contribution in [2.75, 3.05) is 0 Å². The van der Waals surface area contributed by atoms with Crippen molar-refractivity contribution in [2.24, 2.45) is 0 Å². The quantitative estimate of drug-likeness (QED) is 0.849. The van der Waals surface area contributed by atoms with Crippen LogP contribution >= 0.6 is 11.6 Å². The number of hydrogen-bond donors (Lipinski definition) is 1. The van der Waals surface area contributed by atoms with Gasteiger partial charge in [0.2, 0.25) is 0 Å². The standard InChI is InChI=1S/C14H13ClN/c15-14-8-6-13(7-9-14)11-16-10-12-4-2-1-3-5-12/h2-9,16H,10-11H2. The molecule has 1 N–H and O–H groups in total. The Bertz CT molecular complexity index is 422. The van der Waals surface area contributed by atoms with Crippen molar-refractivity contribution in [3.63, 3.8) is 0 Å². The number of benzene rings is 2.